The molecule has 1 aliphatic rings. The Labute approximate surface area is 176 Å². The van der Waals surface area contributed by atoms with E-state index in [2.05, 4.69) is 5.32 Å². The molecule has 8 heteroatoms. The number of nitrogens with one attached hydrogen (secondary N) is 1. The maximum Gasteiger partial charge on any atom is 0.246 e. The van der Waals surface area contributed by atoms with Gasteiger partial charge in [-0.3, -0.25) is 4.79 Å². The summed E-state index contributed by atoms with van der Waals surface area (Å²) in [6, 6.07) is 12.7. The minimum Gasteiger partial charge on any atom is -0.495 e. The topological polar surface area (TPSA) is 75.7 Å². The van der Waals surface area contributed by atoms with E-state index in [0.29, 0.717) is 25.1 Å². The van der Waals surface area contributed by atoms with Crippen molar-refractivity contribution in [2.45, 2.75) is 29.6 Å². The molecule has 1 heterocycles. The van der Waals surface area contributed by atoms with Gasteiger partial charge in [0.05, 0.1) is 13.0 Å². The Bertz CT molecular complexity index is 992. The van der Waals surface area contributed by atoms with Crippen LogP contribution in [0, 0.1) is 12.8 Å². The molecule has 0 spiro atoms. The minimum atomic E-state index is -3.75. The van der Waals surface area contributed by atoms with Crippen molar-refractivity contribution in [1.82, 2.24) is 4.31 Å². The lowest BCUT2D eigenvalue weighted by molar-refractivity contribution is -0.120. The number of piperidine rings is 1. The number of sulfonamides is 1. The monoisotopic (exact) mass is 434 g/mol. The number of aryl methyl sites for hydroxylation is 1. The molecule has 1 N–H and O–H groups in total. The van der Waals surface area contributed by atoms with Crippen molar-refractivity contribution >= 4 is 33.4 Å². The standard InChI is InChI=1S/C21H26N2O4S2/c1-15-9-10-19(27-2)20(12-15)29(25,26)23-11-5-6-16(14-23)21(24)22-17-7-4-8-18(13-17)28-3/h4,7-10,12-13,16H,5-6,11,14H2,1-3H3,(H,22,24)/t16-/m1/s1. The van der Waals surface area contributed by atoms with E-state index in [1.54, 1.807) is 23.9 Å². The maximum atomic E-state index is 13.2. The number of carbonyl (C=O) groups excluding carboxylic acids is 1. The van der Waals surface area contributed by atoms with Crippen LogP contribution in [-0.4, -0.2) is 45.1 Å². The zero-order chi connectivity index (χ0) is 21.0. The molecule has 3 rings (SSSR count). The van der Waals surface area contributed by atoms with Crippen LogP contribution in [0.2, 0.25) is 0 Å². The quantitative estimate of drug-likeness (QED) is 0.701. The number of rotatable bonds is 6. The summed E-state index contributed by atoms with van der Waals surface area (Å²) >= 11 is 1.60. The van der Waals surface area contributed by atoms with Crippen molar-refractivity contribution in [2.75, 3.05) is 31.8 Å². The highest BCUT2D eigenvalue weighted by atomic mass is 32.2. The zero-order valence-electron chi connectivity index (χ0n) is 16.8. The molecule has 1 atom stereocenters. The van der Waals surface area contributed by atoms with Crippen molar-refractivity contribution in [3.8, 4) is 5.75 Å². The lowest BCUT2D eigenvalue weighted by Crippen LogP contribution is -2.43. The minimum absolute atomic E-state index is 0.147. The number of methoxy groups -OCH3 is 1. The fourth-order valence-electron chi connectivity index (χ4n) is 3.44. The predicted molar refractivity (Wildman–Crippen MR) is 116 cm³/mol. The summed E-state index contributed by atoms with van der Waals surface area (Å²) in [5, 5.41) is 2.93. The number of hydrogen-bond donors (Lipinski definition) is 1. The molecule has 0 aromatic heterocycles. The van der Waals surface area contributed by atoms with Crippen LogP contribution in [0.3, 0.4) is 0 Å². The van der Waals surface area contributed by atoms with Gasteiger partial charge < -0.3 is 10.1 Å². The first-order chi connectivity index (χ1) is 13.8. The highest BCUT2D eigenvalue weighted by Crippen LogP contribution is 2.31. The summed E-state index contributed by atoms with van der Waals surface area (Å²) in [7, 11) is -2.30. The second-order valence-corrected chi connectivity index (χ2v) is 9.86. The largest absolute Gasteiger partial charge is 0.495 e. The molecule has 1 fully saturated rings. The van der Waals surface area contributed by atoms with E-state index in [0.717, 1.165) is 16.1 Å². The van der Waals surface area contributed by atoms with Crippen molar-refractivity contribution < 1.29 is 17.9 Å². The molecule has 0 bridgehead atoms. The molecule has 0 saturated carbocycles. The van der Waals surface area contributed by atoms with Gasteiger partial charge >= 0.3 is 0 Å². The van der Waals surface area contributed by atoms with Crippen molar-refractivity contribution in [2.24, 2.45) is 5.92 Å². The van der Waals surface area contributed by atoms with Gasteiger partial charge in [0.2, 0.25) is 15.9 Å². The molecule has 0 radical (unpaired) electrons. The maximum absolute atomic E-state index is 13.2. The molecule has 29 heavy (non-hydrogen) atoms. The number of ether oxygens (including phenoxy) is 1. The number of carbonyl (C=O) groups is 1. The van der Waals surface area contributed by atoms with E-state index in [1.165, 1.54) is 11.4 Å². The SMILES string of the molecule is COc1ccc(C)cc1S(=O)(=O)N1CCC[C@@H](C(=O)Nc2cccc(SC)c2)C1. The predicted octanol–water partition coefficient (Wildman–Crippen LogP) is 3.76. The molecule has 1 saturated heterocycles. The number of nitrogens with zero attached hydrogens (tertiary/aromatic N) is 1. The van der Waals surface area contributed by atoms with Gasteiger partial charge in [0.25, 0.3) is 0 Å². The third kappa shape index (κ3) is 4.94. The second kappa shape index (κ2) is 9.19. The molecule has 1 amide bonds. The van der Waals surface area contributed by atoms with Crippen LogP contribution in [0.15, 0.2) is 52.3 Å². The first-order valence-electron chi connectivity index (χ1n) is 9.45. The van der Waals surface area contributed by atoms with Gasteiger partial charge in [-0.1, -0.05) is 12.1 Å². The van der Waals surface area contributed by atoms with Crippen LogP contribution in [0.25, 0.3) is 0 Å². The Balaban J connectivity index is 1.77. The lowest BCUT2D eigenvalue weighted by Gasteiger charge is -2.31. The van der Waals surface area contributed by atoms with Crippen molar-refractivity contribution in [3.05, 3.63) is 48.0 Å². The van der Waals surface area contributed by atoms with E-state index in [1.807, 2.05) is 43.5 Å². The summed E-state index contributed by atoms with van der Waals surface area (Å²) in [6.07, 6.45) is 3.27. The van der Waals surface area contributed by atoms with Crippen molar-refractivity contribution in [1.29, 1.82) is 0 Å². The Morgan fingerprint density at radius 2 is 2.03 bits per heavy atom. The van der Waals surface area contributed by atoms with Gasteiger partial charge in [-0.2, -0.15) is 4.31 Å². The summed E-state index contributed by atoms with van der Waals surface area (Å²) in [5.41, 5.74) is 1.56. The normalized spacial score (nSPS) is 17.7. The summed E-state index contributed by atoms with van der Waals surface area (Å²) < 4.78 is 33.1. The number of amides is 1. The van der Waals surface area contributed by atoms with Crippen LogP contribution in [0.4, 0.5) is 5.69 Å². The van der Waals surface area contributed by atoms with E-state index in [9.17, 15) is 13.2 Å². The van der Waals surface area contributed by atoms with Crippen LogP contribution in [-0.2, 0) is 14.8 Å². The molecule has 2 aromatic rings. The van der Waals surface area contributed by atoms with Crippen LogP contribution < -0.4 is 10.1 Å². The van der Waals surface area contributed by atoms with Gasteiger partial charge in [0, 0.05) is 23.7 Å². The van der Waals surface area contributed by atoms with E-state index in [-0.39, 0.29) is 17.3 Å². The van der Waals surface area contributed by atoms with Gasteiger partial charge in [-0.25, -0.2) is 8.42 Å². The molecule has 156 valence electrons. The van der Waals surface area contributed by atoms with Crippen LogP contribution in [0.5, 0.6) is 5.75 Å². The number of anilines is 1. The van der Waals surface area contributed by atoms with Gasteiger partial charge in [0.1, 0.15) is 10.6 Å². The summed E-state index contributed by atoms with van der Waals surface area (Å²) in [6.45, 7) is 2.40. The molecule has 2 aromatic carbocycles. The third-order valence-electron chi connectivity index (χ3n) is 5.03. The van der Waals surface area contributed by atoms with Crippen LogP contribution >= 0.6 is 11.8 Å². The fraction of sp³-hybridized carbons (Fsp3) is 0.381. The summed E-state index contributed by atoms with van der Waals surface area (Å²) in [4.78, 5) is 14.0. The number of thioether (sulfide) groups is 1. The average molecular weight is 435 g/mol. The molecule has 0 unspecified atom stereocenters. The Morgan fingerprint density at radius 1 is 1.24 bits per heavy atom. The van der Waals surface area contributed by atoms with Crippen molar-refractivity contribution in [3.63, 3.8) is 0 Å². The number of benzene rings is 2. The van der Waals surface area contributed by atoms with Gasteiger partial charge in [-0.05, 0) is 61.9 Å². The van der Waals surface area contributed by atoms with Gasteiger partial charge in [-0.15, -0.1) is 11.8 Å². The second-order valence-electron chi connectivity index (χ2n) is 7.08. The molecule has 0 aliphatic carbocycles. The fourth-order valence-corrected chi connectivity index (χ4v) is 5.67. The first kappa shape index (κ1) is 21.7. The Morgan fingerprint density at radius 3 is 2.76 bits per heavy atom. The lowest BCUT2D eigenvalue weighted by atomic mass is 9.99. The molecular formula is C21H26N2O4S2. The van der Waals surface area contributed by atoms with E-state index < -0.39 is 15.9 Å². The Kier molecular flexibility index (Phi) is 6.87. The Hall–Kier alpha value is -2.03. The zero-order valence-corrected chi connectivity index (χ0v) is 18.5. The summed E-state index contributed by atoms with van der Waals surface area (Å²) in [5.74, 6) is -0.234. The molecule has 1 aliphatic heterocycles. The smallest absolute Gasteiger partial charge is 0.246 e. The highest BCUT2D eigenvalue weighted by Gasteiger charge is 2.35. The van der Waals surface area contributed by atoms with Gasteiger partial charge in [0.15, 0.2) is 0 Å². The third-order valence-corrected chi connectivity index (χ3v) is 7.64. The first-order valence-corrected chi connectivity index (χ1v) is 12.1. The van der Waals surface area contributed by atoms with E-state index in [4.69, 9.17) is 4.74 Å². The highest BCUT2D eigenvalue weighted by molar-refractivity contribution is 7.98. The molecular weight excluding hydrogens is 408 g/mol. The van der Waals surface area contributed by atoms with Crippen LogP contribution in [0.1, 0.15) is 18.4 Å². The molecule has 6 nitrogen and oxygen atoms in total. The average Bonchev–Trinajstić information content (AvgIpc) is 2.74. The van der Waals surface area contributed by atoms with E-state index >= 15 is 0 Å². The number of hydrogen-bond acceptors (Lipinski definition) is 5.